The predicted molar refractivity (Wildman–Crippen MR) is 94.3 cm³/mol. The van der Waals surface area contributed by atoms with Crippen LogP contribution < -0.4 is 4.72 Å². The number of aryl methyl sites for hydroxylation is 1. The first-order valence-corrected chi connectivity index (χ1v) is 9.72. The maximum Gasteiger partial charge on any atom is 0.227 e. The average Bonchev–Trinajstić information content (AvgIpc) is 2.99. The molecule has 0 saturated carbocycles. The predicted octanol–water partition coefficient (Wildman–Crippen LogP) is 1.56. The van der Waals surface area contributed by atoms with Crippen LogP contribution in [0.4, 0.5) is 0 Å². The maximum atomic E-state index is 12.7. The number of hydrogen-bond donors (Lipinski definition) is 2. The Morgan fingerprint density at radius 2 is 2.21 bits per heavy atom. The minimum absolute atomic E-state index is 0.0200. The monoisotopic (exact) mass is 349 g/mol. The van der Waals surface area contributed by atoms with Gasteiger partial charge in [0.15, 0.2) is 0 Å². The summed E-state index contributed by atoms with van der Waals surface area (Å²) in [5, 5.41) is 0.533. The van der Waals surface area contributed by atoms with Gasteiger partial charge in [-0.1, -0.05) is 18.2 Å². The molecule has 0 radical (unpaired) electrons. The van der Waals surface area contributed by atoms with Gasteiger partial charge in [0.1, 0.15) is 0 Å². The minimum atomic E-state index is -3.34. The molecule has 3 rings (SSSR count). The second-order valence-corrected chi connectivity index (χ2v) is 8.51. The van der Waals surface area contributed by atoms with Gasteiger partial charge in [-0.25, -0.2) is 13.1 Å². The van der Waals surface area contributed by atoms with Crippen LogP contribution >= 0.6 is 0 Å². The van der Waals surface area contributed by atoms with Crippen molar-refractivity contribution in [1.82, 2.24) is 14.6 Å². The van der Waals surface area contributed by atoms with Gasteiger partial charge in [0, 0.05) is 30.2 Å². The number of carbonyl (C=O) groups is 1. The normalized spacial score (nSPS) is 18.9. The number of aromatic amines is 1. The number of carbonyl (C=O) groups excluding carboxylic acids is 1. The lowest BCUT2D eigenvalue weighted by Crippen LogP contribution is -2.48. The van der Waals surface area contributed by atoms with E-state index >= 15 is 0 Å². The summed E-state index contributed by atoms with van der Waals surface area (Å²) in [7, 11) is -1.92. The van der Waals surface area contributed by atoms with E-state index in [1.54, 1.807) is 4.90 Å². The van der Waals surface area contributed by atoms with Crippen LogP contribution in [0.5, 0.6) is 0 Å². The second-order valence-electron chi connectivity index (χ2n) is 6.34. The molecule has 1 atom stereocenters. The summed E-state index contributed by atoms with van der Waals surface area (Å²) in [6, 6.07) is 6.02. The molecule has 1 aromatic carbocycles. The molecule has 7 heteroatoms. The van der Waals surface area contributed by atoms with E-state index in [-0.39, 0.29) is 18.9 Å². The fourth-order valence-corrected chi connectivity index (χ4v) is 4.56. The summed E-state index contributed by atoms with van der Waals surface area (Å²) in [6.45, 7) is 2.92. The van der Waals surface area contributed by atoms with Gasteiger partial charge in [-0.05, 0) is 37.9 Å². The number of benzene rings is 1. The van der Waals surface area contributed by atoms with Gasteiger partial charge in [-0.15, -0.1) is 0 Å². The second kappa shape index (κ2) is 6.57. The van der Waals surface area contributed by atoms with E-state index in [1.807, 2.05) is 31.3 Å². The largest absolute Gasteiger partial charge is 0.361 e. The standard InChI is InChI=1S/C17H23N3O3S/c1-12-5-3-7-15-13(10-19-17(12)15)9-16(21)20-8-4-6-14(11-20)24(22,23)18-2/h3,5,7,10,14,18-19H,4,6,8-9,11H2,1-2H3/t14-/m0/s1. The number of hydrogen-bond acceptors (Lipinski definition) is 3. The van der Waals surface area contributed by atoms with Crippen LogP contribution in [0.2, 0.25) is 0 Å². The van der Waals surface area contributed by atoms with Crippen LogP contribution in [0, 0.1) is 6.92 Å². The van der Waals surface area contributed by atoms with E-state index in [4.69, 9.17) is 0 Å². The third-order valence-electron chi connectivity index (χ3n) is 4.81. The smallest absolute Gasteiger partial charge is 0.227 e. The topological polar surface area (TPSA) is 82.3 Å². The minimum Gasteiger partial charge on any atom is -0.361 e. The van der Waals surface area contributed by atoms with Crippen LogP contribution in [0.3, 0.4) is 0 Å². The molecular weight excluding hydrogens is 326 g/mol. The number of sulfonamides is 1. The first-order chi connectivity index (χ1) is 11.4. The van der Waals surface area contributed by atoms with Gasteiger partial charge in [0.25, 0.3) is 0 Å². The summed E-state index contributed by atoms with van der Waals surface area (Å²) in [5.41, 5.74) is 3.15. The first kappa shape index (κ1) is 17.0. The van der Waals surface area contributed by atoms with Crippen molar-refractivity contribution < 1.29 is 13.2 Å². The van der Waals surface area contributed by atoms with E-state index in [1.165, 1.54) is 7.05 Å². The third-order valence-corrected chi connectivity index (χ3v) is 6.64. The lowest BCUT2D eigenvalue weighted by Gasteiger charge is -2.32. The molecule has 130 valence electrons. The SMILES string of the molecule is CNS(=O)(=O)[C@H]1CCCN(C(=O)Cc2c[nH]c3c(C)cccc23)C1. The highest BCUT2D eigenvalue weighted by atomic mass is 32.2. The van der Waals surface area contributed by atoms with E-state index in [9.17, 15) is 13.2 Å². The average molecular weight is 349 g/mol. The Labute approximate surface area is 142 Å². The number of fused-ring (bicyclic) bond motifs is 1. The van der Waals surface area contributed by atoms with Crippen molar-refractivity contribution in [2.75, 3.05) is 20.1 Å². The van der Waals surface area contributed by atoms with Gasteiger partial charge in [-0.3, -0.25) is 4.79 Å². The highest BCUT2D eigenvalue weighted by Crippen LogP contribution is 2.23. The molecule has 1 amide bonds. The molecule has 2 N–H and O–H groups in total. The maximum absolute atomic E-state index is 12.7. The van der Waals surface area contributed by atoms with Crippen LogP contribution in [0.15, 0.2) is 24.4 Å². The molecule has 6 nitrogen and oxygen atoms in total. The van der Waals surface area contributed by atoms with Crippen molar-refractivity contribution in [2.45, 2.75) is 31.4 Å². The number of aromatic nitrogens is 1. The summed E-state index contributed by atoms with van der Waals surface area (Å²) in [4.78, 5) is 17.6. The van der Waals surface area contributed by atoms with E-state index < -0.39 is 15.3 Å². The fourth-order valence-electron chi connectivity index (χ4n) is 3.37. The number of piperidine rings is 1. The van der Waals surface area contributed by atoms with Crippen molar-refractivity contribution >= 4 is 26.8 Å². The highest BCUT2D eigenvalue weighted by molar-refractivity contribution is 7.90. The summed E-state index contributed by atoms with van der Waals surface area (Å²) in [5.74, 6) is -0.0200. The number of para-hydroxylation sites is 1. The Balaban J connectivity index is 1.76. The molecular formula is C17H23N3O3S. The van der Waals surface area contributed by atoms with Crippen molar-refractivity contribution in [2.24, 2.45) is 0 Å². The molecule has 1 saturated heterocycles. The molecule has 2 aromatic rings. The first-order valence-electron chi connectivity index (χ1n) is 8.18. The molecule has 0 bridgehead atoms. The highest BCUT2D eigenvalue weighted by Gasteiger charge is 2.31. The lowest BCUT2D eigenvalue weighted by atomic mass is 10.1. The number of nitrogens with one attached hydrogen (secondary N) is 2. The molecule has 0 spiro atoms. The Bertz CT molecular complexity index is 857. The zero-order valence-electron chi connectivity index (χ0n) is 14.0. The van der Waals surface area contributed by atoms with E-state index in [0.29, 0.717) is 19.4 Å². The van der Waals surface area contributed by atoms with Crippen LogP contribution in [-0.2, 0) is 21.2 Å². The van der Waals surface area contributed by atoms with Crippen molar-refractivity contribution in [3.05, 3.63) is 35.5 Å². The molecule has 1 fully saturated rings. The number of likely N-dealkylation sites (tertiary alicyclic amines) is 1. The van der Waals surface area contributed by atoms with Crippen molar-refractivity contribution in [3.63, 3.8) is 0 Å². The van der Waals surface area contributed by atoms with E-state index in [0.717, 1.165) is 22.0 Å². The zero-order chi connectivity index (χ0) is 17.3. The van der Waals surface area contributed by atoms with Gasteiger partial charge in [0.2, 0.25) is 15.9 Å². The molecule has 1 aliphatic rings. The molecule has 24 heavy (non-hydrogen) atoms. The summed E-state index contributed by atoms with van der Waals surface area (Å²) < 4.78 is 26.4. The summed E-state index contributed by atoms with van der Waals surface area (Å²) in [6.07, 6.45) is 3.47. The van der Waals surface area contributed by atoms with Crippen LogP contribution in [-0.4, -0.2) is 49.6 Å². The number of nitrogens with zero attached hydrogens (tertiary/aromatic N) is 1. The zero-order valence-corrected chi connectivity index (χ0v) is 14.8. The molecule has 0 aliphatic carbocycles. The Kier molecular flexibility index (Phi) is 4.64. The number of H-pyrrole nitrogens is 1. The molecule has 1 aliphatic heterocycles. The quantitative estimate of drug-likeness (QED) is 0.879. The molecule has 1 aromatic heterocycles. The van der Waals surface area contributed by atoms with Crippen molar-refractivity contribution in [3.8, 4) is 0 Å². The Morgan fingerprint density at radius 1 is 1.42 bits per heavy atom. The van der Waals surface area contributed by atoms with Crippen molar-refractivity contribution in [1.29, 1.82) is 0 Å². The number of amides is 1. The lowest BCUT2D eigenvalue weighted by molar-refractivity contribution is -0.131. The van der Waals surface area contributed by atoms with Crippen LogP contribution in [0.1, 0.15) is 24.0 Å². The Morgan fingerprint density at radius 3 is 2.96 bits per heavy atom. The molecule has 0 unspecified atom stereocenters. The van der Waals surface area contributed by atoms with Gasteiger partial charge in [0.05, 0.1) is 11.7 Å². The van der Waals surface area contributed by atoms with Gasteiger partial charge in [-0.2, -0.15) is 0 Å². The number of rotatable bonds is 4. The van der Waals surface area contributed by atoms with Gasteiger partial charge < -0.3 is 9.88 Å². The molecule has 2 heterocycles. The Hall–Kier alpha value is -1.86. The third kappa shape index (κ3) is 3.18. The summed E-state index contributed by atoms with van der Waals surface area (Å²) >= 11 is 0. The fraction of sp³-hybridized carbons (Fsp3) is 0.471. The van der Waals surface area contributed by atoms with Gasteiger partial charge >= 0.3 is 0 Å². The van der Waals surface area contributed by atoms with Crippen LogP contribution in [0.25, 0.3) is 10.9 Å². The van der Waals surface area contributed by atoms with E-state index in [2.05, 4.69) is 9.71 Å².